The van der Waals surface area contributed by atoms with E-state index in [2.05, 4.69) is 0 Å². The van der Waals surface area contributed by atoms with Crippen LogP contribution >= 0.6 is 7.60 Å². The number of hydrogen-bond acceptors (Lipinski definition) is 8. The fourth-order valence-corrected chi connectivity index (χ4v) is 2.00. The summed E-state index contributed by atoms with van der Waals surface area (Å²) in [4.78, 5) is 9.18. The zero-order valence-corrected chi connectivity index (χ0v) is 16.2. The Morgan fingerprint density at radius 3 is 1.28 bits per heavy atom. The molecular weight excluding hydrogens is 355 g/mol. The molecule has 1 N–H and O–H groups in total. The standard InChI is InChI=1S/C15H33O9P/c1-3-25(16,17)24-15-14-23-13-12-22-11-10-21-9-8-20-7-6-19-5-4-18-2/h3-15H2,1-2H3,(H,16,17). The highest BCUT2D eigenvalue weighted by molar-refractivity contribution is 7.52. The molecule has 1 atom stereocenters. The average Bonchev–Trinajstić information content (AvgIpc) is 2.60. The van der Waals surface area contributed by atoms with Gasteiger partial charge in [-0.1, -0.05) is 6.92 Å². The van der Waals surface area contributed by atoms with Crippen LogP contribution in [0.2, 0.25) is 0 Å². The first-order valence-electron chi connectivity index (χ1n) is 8.46. The minimum atomic E-state index is -3.41. The molecule has 0 bridgehead atoms. The van der Waals surface area contributed by atoms with E-state index in [9.17, 15) is 9.46 Å². The molecule has 0 aromatic heterocycles. The van der Waals surface area contributed by atoms with Crippen LogP contribution in [-0.4, -0.2) is 97.4 Å². The van der Waals surface area contributed by atoms with Crippen molar-refractivity contribution >= 4 is 7.60 Å². The van der Waals surface area contributed by atoms with Crippen LogP contribution in [0.5, 0.6) is 0 Å². The molecular formula is C15H33O9P. The van der Waals surface area contributed by atoms with Crippen molar-refractivity contribution in [3.05, 3.63) is 0 Å². The molecule has 0 aliphatic rings. The first kappa shape index (κ1) is 24.9. The molecule has 0 aliphatic carbocycles. The molecule has 0 saturated heterocycles. The Labute approximate surface area is 150 Å². The van der Waals surface area contributed by atoms with Gasteiger partial charge in [-0.3, -0.25) is 4.57 Å². The van der Waals surface area contributed by atoms with Crippen LogP contribution in [0.15, 0.2) is 0 Å². The summed E-state index contributed by atoms with van der Waals surface area (Å²) >= 11 is 0. The second kappa shape index (κ2) is 18.7. The van der Waals surface area contributed by atoms with Crippen molar-refractivity contribution in [2.24, 2.45) is 0 Å². The number of ether oxygens (including phenoxy) is 6. The first-order chi connectivity index (χ1) is 12.1. The van der Waals surface area contributed by atoms with E-state index < -0.39 is 7.60 Å². The van der Waals surface area contributed by atoms with Gasteiger partial charge in [0, 0.05) is 13.3 Å². The summed E-state index contributed by atoms with van der Waals surface area (Å²) in [7, 11) is -1.78. The van der Waals surface area contributed by atoms with Crippen LogP contribution in [0.1, 0.15) is 6.92 Å². The van der Waals surface area contributed by atoms with Crippen molar-refractivity contribution in [2.45, 2.75) is 6.92 Å². The van der Waals surface area contributed by atoms with Crippen molar-refractivity contribution in [1.29, 1.82) is 0 Å². The Bertz CT molecular complexity index is 317. The van der Waals surface area contributed by atoms with Gasteiger partial charge in [0.15, 0.2) is 0 Å². The SMILES string of the molecule is CCP(=O)(O)OCCOCCOCCOCCOCCOCCOC. The van der Waals surface area contributed by atoms with Crippen LogP contribution in [-0.2, 0) is 37.5 Å². The van der Waals surface area contributed by atoms with Gasteiger partial charge in [0.25, 0.3) is 0 Å². The Balaban J connectivity index is 3.06. The van der Waals surface area contributed by atoms with Gasteiger partial charge in [0.05, 0.1) is 79.3 Å². The predicted octanol–water partition coefficient (Wildman–Crippen LogP) is 0.938. The minimum Gasteiger partial charge on any atom is -0.382 e. The monoisotopic (exact) mass is 388 g/mol. The topological polar surface area (TPSA) is 102 Å². The highest BCUT2D eigenvalue weighted by atomic mass is 31.2. The summed E-state index contributed by atoms with van der Waals surface area (Å²) in [6.45, 7) is 7.03. The minimum absolute atomic E-state index is 0.0994. The Morgan fingerprint density at radius 2 is 0.960 bits per heavy atom. The summed E-state index contributed by atoms with van der Waals surface area (Å²) in [6.07, 6.45) is 0.101. The molecule has 0 aromatic carbocycles. The summed E-state index contributed by atoms with van der Waals surface area (Å²) in [6, 6.07) is 0. The molecule has 0 amide bonds. The average molecular weight is 388 g/mol. The lowest BCUT2D eigenvalue weighted by molar-refractivity contribution is -0.0160. The van der Waals surface area contributed by atoms with Crippen molar-refractivity contribution in [2.75, 3.05) is 92.6 Å². The summed E-state index contributed by atoms with van der Waals surface area (Å²) < 4.78 is 47.3. The fourth-order valence-electron chi connectivity index (χ4n) is 1.45. The van der Waals surface area contributed by atoms with Crippen molar-refractivity contribution in [3.8, 4) is 0 Å². The number of methoxy groups -OCH3 is 1. The van der Waals surface area contributed by atoms with E-state index in [-0.39, 0.29) is 19.4 Å². The molecule has 25 heavy (non-hydrogen) atoms. The lowest BCUT2D eigenvalue weighted by Gasteiger charge is -2.10. The number of rotatable bonds is 20. The second-order valence-electron chi connectivity index (χ2n) is 4.84. The predicted molar refractivity (Wildman–Crippen MR) is 92.3 cm³/mol. The zero-order valence-electron chi connectivity index (χ0n) is 15.4. The van der Waals surface area contributed by atoms with Crippen molar-refractivity contribution in [3.63, 3.8) is 0 Å². The van der Waals surface area contributed by atoms with E-state index in [0.29, 0.717) is 66.1 Å². The maximum absolute atomic E-state index is 11.2. The van der Waals surface area contributed by atoms with E-state index in [1.165, 1.54) is 0 Å². The van der Waals surface area contributed by atoms with Crippen molar-refractivity contribution in [1.82, 2.24) is 0 Å². The van der Waals surface area contributed by atoms with Gasteiger partial charge < -0.3 is 37.8 Å². The largest absolute Gasteiger partial charge is 0.382 e. The Morgan fingerprint density at radius 1 is 0.640 bits per heavy atom. The quantitative estimate of drug-likeness (QED) is 0.241. The van der Waals surface area contributed by atoms with Gasteiger partial charge in [-0.05, 0) is 0 Å². The normalized spacial score (nSPS) is 13.9. The van der Waals surface area contributed by atoms with Crippen LogP contribution in [0.3, 0.4) is 0 Å². The molecule has 0 rings (SSSR count). The molecule has 0 fully saturated rings. The molecule has 0 aromatic rings. The molecule has 1 unspecified atom stereocenters. The molecule has 0 spiro atoms. The van der Waals surface area contributed by atoms with Crippen molar-refractivity contribution < 1.29 is 42.4 Å². The van der Waals surface area contributed by atoms with Gasteiger partial charge >= 0.3 is 7.60 Å². The van der Waals surface area contributed by atoms with E-state index >= 15 is 0 Å². The Kier molecular flexibility index (Phi) is 18.6. The van der Waals surface area contributed by atoms with Gasteiger partial charge in [-0.25, -0.2) is 0 Å². The van der Waals surface area contributed by atoms with Crippen LogP contribution in [0.4, 0.5) is 0 Å². The van der Waals surface area contributed by atoms with Crippen LogP contribution in [0, 0.1) is 0 Å². The third-order valence-electron chi connectivity index (χ3n) is 2.84. The van der Waals surface area contributed by atoms with E-state index in [1.54, 1.807) is 14.0 Å². The van der Waals surface area contributed by atoms with E-state index in [1.807, 2.05) is 0 Å². The first-order valence-corrected chi connectivity index (χ1v) is 10.2. The molecule has 0 aliphatic heterocycles. The Hall–Kier alpha value is -0.0900. The van der Waals surface area contributed by atoms with Crippen LogP contribution < -0.4 is 0 Å². The number of hydrogen-bond donors (Lipinski definition) is 1. The fraction of sp³-hybridized carbons (Fsp3) is 1.00. The molecule has 0 radical (unpaired) electrons. The maximum Gasteiger partial charge on any atom is 0.327 e. The van der Waals surface area contributed by atoms with E-state index in [4.69, 9.17) is 32.9 Å². The third kappa shape index (κ3) is 20.1. The molecule has 9 nitrogen and oxygen atoms in total. The summed E-state index contributed by atoms with van der Waals surface area (Å²) in [5, 5.41) is 0. The highest BCUT2D eigenvalue weighted by Gasteiger charge is 2.14. The van der Waals surface area contributed by atoms with Gasteiger partial charge in [0.2, 0.25) is 0 Å². The third-order valence-corrected chi connectivity index (χ3v) is 4.23. The highest BCUT2D eigenvalue weighted by Crippen LogP contribution is 2.40. The lowest BCUT2D eigenvalue weighted by atomic mass is 10.7. The molecule has 0 heterocycles. The summed E-state index contributed by atoms with van der Waals surface area (Å²) in [5.74, 6) is 0. The van der Waals surface area contributed by atoms with E-state index in [0.717, 1.165) is 0 Å². The molecule has 0 saturated carbocycles. The lowest BCUT2D eigenvalue weighted by Crippen LogP contribution is -2.14. The molecule has 152 valence electrons. The summed E-state index contributed by atoms with van der Waals surface area (Å²) in [5.41, 5.74) is 0. The van der Waals surface area contributed by atoms with Crippen LogP contribution in [0.25, 0.3) is 0 Å². The van der Waals surface area contributed by atoms with Gasteiger partial charge in [0.1, 0.15) is 0 Å². The van der Waals surface area contributed by atoms with Gasteiger partial charge in [-0.15, -0.1) is 0 Å². The smallest absolute Gasteiger partial charge is 0.327 e. The molecule has 10 heteroatoms. The van der Waals surface area contributed by atoms with Gasteiger partial charge in [-0.2, -0.15) is 0 Å². The second-order valence-corrected chi connectivity index (χ2v) is 7.01. The maximum atomic E-state index is 11.2. The zero-order chi connectivity index (χ0) is 18.6.